The fourth-order valence-corrected chi connectivity index (χ4v) is 4.03. The Morgan fingerprint density at radius 3 is 0.974 bits per heavy atom. The molecule has 4 aromatic rings. The van der Waals surface area contributed by atoms with Crippen molar-refractivity contribution >= 4 is 0 Å². The molecular formula is C35H36O4. The molecule has 0 aromatic heterocycles. The Hall–Kier alpha value is -4.44. The summed E-state index contributed by atoms with van der Waals surface area (Å²) in [5.41, 5.74) is 4.96. The number of ether oxygens (including phenoxy) is 4. The summed E-state index contributed by atoms with van der Waals surface area (Å²) in [6, 6.07) is 32.9. The van der Waals surface area contributed by atoms with Gasteiger partial charge in [-0.25, -0.2) is 0 Å². The van der Waals surface area contributed by atoms with Gasteiger partial charge in [0.2, 0.25) is 0 Å². The number of hydrogen-bond donors (Lipinski definition) is 0. The second-order valence-corrected chi connectivity index (χ2v) is 9.18. The summed E-state index contributed by atoms with van der Waals surface area (Å²) in [7, 11) is 0. The van der Waals surface area contributed by atoms with Crippen molar-refractivity contribution < 1.29 is 18.9 Å². The van der Waals surface area contributed by atoms with Crippen LogP contribution in [-0.2, 0) is 12.8 Å². The van der Waals surface area contributed by atoms with E-state index in [4.69, 9.17) is 18.9 Å². The first kappa shape index (κ1) is 27.6. The highest BCUT2D eigenvalue weighted by atomic mass is 16.5. The third-order valence-corrected chi connectivity index (χ3v) is 6.07. The fraction of sp³-hybridized carbons (Fsp3) is 0.200. The molecule has 4 heteroatoms. The fourth-order valence-electron chi connectivity index (χ4n) is 4.03. The van der Waals surface area contributed by atoms with Gasteiger partial charge < -0.3 is 18.9 Å². The molecular weight excluding hydrogens is 484 g/mol. The van der Waals surface area contributed by atoms with Crippen molar-refractivity contribution in [3.05, 3.63) is 145 Å². The molecule has 0 atom stereocenters. The van der Waals surface area contributed by atoms with Gasteiger partial charge in [0.1, 0.15) is 36.2 Å². The highest BCUT2D eigenvalue weighted by Crippen LogP contribution is 2.20. The molecule has 0 N–H and O–H groups in total. The molecule has 39 heavy (non-hydrogen) atoms. The molecule has 4 aromatic carbocycles. The van der Waals surface area contributed by atoms with Crippen molar-refractivity contribution in [3.8, 4) is 23.0 Å². The first-order valence-corrected chi connectivity index (χ1v) is 13.3. The monoisotopic (exact) mass is 520 g/mol. The summed E-state index contributed by atoms with van der Waals surface area (Å²) in [5.74, 6) is 3.46. The van der Waals surface area contributed by atoms with E-state index >= 15 is 0 Å². The average molecular weight is 521 g/mol. The molecule has 0 aliphatic carbocycles. The van der Waals surface area contributed by atoms with E-state index < -0.39 is 0 Å². The van der Waals surface area contributed by atoms with Crippen LogP contribution in [0.3, 0.4) is 0 Å². The first-order valence-electron chi connectivity index (χ1n) is 13.3. The van der Waals surface area contributed by atoms with Crippen LogP contribution in [0, 0.1) is 0 Å². The minimum atomic E-state index is 0.518. The molecule has 200 valence electrons. The van der Waals surface area contributed by atoms with Crippen molar-refractivity contribution in [3.63, 3.8) is 0 Å². The van der Waals surface area contributed by atoms with E-state index in [0.29, 0.717) is 26.4 Å². The summed E-state index contributed by atoms with van der Waals surface area (Å²) in [5, 5.41) is 0. The third-order valence-electron chi connectivity index (χ3n) is 6.07. The van der Waals surface area contributed by atoms with Gasteiger partial charge in [-0.05, 0) is 83.6 Å². The van der Waals surface area contributed by atoms with E-state index in [1.807, 2.05) is 48.5 Å². The van der Waals surface area contributed by atoms with Gasteiger partial charge in [0.25, 0.3) is 0 Å². The minimum absolute atomic E-state index is 0.518. The summed E-state index contributed by atoms with van der Waals surface area (Å²) in [4.78, 5) is 0. The summed E-state index contributed by atoms with van der Waals surface area (Å²) in [6.45, 7) is 9.59. The van der Waals surface area contributed by atoms with E-state index in [1.165, 1.54) is 22.3 Å². The largest absolute Gasteiger partial charge is 0.493 e. The van der Waals surface area contributed by atoms with Gasteiger partial charge >= 0.3 is 0 Å². The van der Waals surface area contributed by atoms with Gasteiger partial charge in [-0.15, -0.1) is 0 Å². The predicted molar refractivity (Wildman–Crippen MR) is 158 cm³/mol. The normalized spacial score (nSPS) is 10.5. The Kier molecular flexibility index (Phi) is 10.7. The zero-order valence-electron chi connectivity index (χ0n) is 22.4. The number of hydrogen-bond acceptors (Lipinski definition) is 4. The Labute approximate surface area is 232 Å². The summed E-state index contributed by atoms with van der Waals surface area (Å²) in [6.07, 6.45) is 6.03. The zero-order chi connectivity index (χ0) is 27.1. The molecule has 0 fully saturated rings. The van der Waals surface area contributed by atoms with Crippen molar-refractivity contribution in [2.75, 3.05) is 26.4 Å². The lowest BCUT2D eigenvalue weighted by atomic mass is 10.0. The van der Waals surface area contributed by atoms with Crippen LogP contribution in [-0.4, -0.2) is 26.4 Å². The maximum Gasteiger partial charge on any atom is 0.119 e. The Balaban J connectivity index is 1.13. The lowest BCUT2D eigenvalue weighted by molar-refractivity contribution is 0.247. The molecule has 0 unspecified atom stereocenters. The van der Waals surface area contributed by atoms with Crippen molar-refractivity contribution in [1.82, 2.24) is 0 Å². The van der Waals surface area contributed by atoms with Crippen molar-refractivity contribution in [1.29, 1.82) is 0 Å². The van der Waals surface area contributed by atoms with Gasteiger partial charge in [0, 0.05) is 6.42 Å². The molecule has 0 saturated carbocycles. The van der Waals surface area contributed by atoms with Crippen LogP contribution in [0.5, 0.6) is 23.0 Å². The second-order valence-electron chi connectivity index (χ2n) is 9.18. The van der Waals surface area contributed by atoms with E-state index in [-0.39, 0.29) is 0 Å². The quantitative estimate of drug-likeness (QED) is 0.111. The van der Waals surface area contributed by atoms with Crippen LogP contribution in [0.25, 0.3) is 0 Å². The van der Waals surface area contributed by atoms with E-state index in [2.05, 4.69) is 61.7 Å². The molecule has 4 nitrogen and oxygen atoms in total. The van der Waals surface area contributed by atoms with Gasteiger partial charge in [-0.3, -0.25) is 0 Å². The zero-order valence-corrected chi connectivity index (χ0v) is 22.4. The average Bonchev–Trinajstić information content (AvgIpc) is 2.98. The molecule has 0 amide bonds. The number of rotatable bonds is 16. The van der Waals surface area contributed by atoms with Crippen molar-refractivity contribution in [2.24, 2.45) is 0 Å². The van der Waals surface area contributed by atoms with Crippen LogP contribution in [0.1, 0.15) is 28.7 Å². The minimum Gasteiger partial charge on any atom is -0.493 e. The van der Waals surface area contributed by atoms with Crippen LogP contribution < -0.4 is 18.9 Å². The van der Waals surface area contributed by atoms with Gasteiger partial charge in [0.05, 0.1) is 13.2 Å². The molecule has 0 aliphatic heterocycles. The molecule has 0 spiro atoms. The van der Waals surface area contributed by atoms with Crippen molar-refractivity contribution in [2.45, 2.75) is 19.3 Å². The smallest absolute Gasteiger partial charge is 0.119 e. The Morgan fingerprint density at radius 1 is 0.410 bits per heavy atom. The lowest BCUT2D eigenvalue weighted by Gasteiger charge is -2.10. The highest BCUT2D eigenvalue weighted by Gasteiger charge is 2.02. The topological polar surface area (TPSA) is 36.9 Å². The van der Waals surface area contributed by atoms with E-state index in [9.17, 15) is 0 Å². The maximum absolute atomic E-state index is 5.90. The SMILES string of the molecule is C=CCOc1ccc(Cc2ccc(OCCCOc3ccc(Cc4ccc(OCC=C)cc4)cc3)cc2)cc1. The highest BCUT2D eigenvalue weighted by molar-refractivity contribution is 5.35. The summed E-state index contributed by atoms with van der Waals surface area (Å²) >= 11 is 0. The maximum atomic E-state index is 5.90. The first-order chi connectivity index (χ1) is 19.2. The molecule has 0 radical (unpaired) electrons. The van der Waals surface area contributed by atoms with E-state index in [0.717, 1.165) is 42.3 Å². The van der Waals surface area contributed by atoms with Gasteiger partial charge in [-0.2, -0.15) is 0 Å². The van der Waals surface area contributed by atoms with Crippen LogP contribution in [0.15, 0.2) is 122 Å². The standard InChI is InChI=1S/C35H36O4/c1-3-22-36-32-14-6-28(7-15-32)26-30-10-18-34(19-11-30)38-24-5-25-39-35-20-12-31(13-21-35)27-29-8-16-33(17-9-29)37-23-4-2/h3-4,6-21H,1-2,5,22-27H2. The Bertz CT molecular complexity index is 1170. The predicted octanol–water partition coefficient (Wildman–Crippen LogP) is 7.85. The lowest BCUT2D eigenvalue weighted by Crippen LogP contribution is -2.05. The molecule has 0 aliphatic rings. The molecule has 4 rings (SSSR count). The summed E-state index contributed by atoms with van der Waals surface area (Å²) < 4.78 is 22.9. The molecule has 0 bridgehead atoms. The molecule has 0 saturated heterocycles. The van der Waals surface area contributed by atoms with Crippen LogP contribution in [0.4, 0.5) is 0 Å². The van der Waals surface area contributed by atoms with Crippen LogP contribution in [0.2, 0.25) is 0 Å². The van der Waals surface area contributed by atoms with E-state index in [1.54, 1.807) is 12.2 Å². The number of benzene rings is 4. The van der Waals surface area contributed by atoms with Gasteiger partial charge in [-0.1, -0.05) is 73.8 Å². The van der Waals surface area contributed by atoms with Gasteiger partial charge in [0.15, 0.2) is 0 Å². The third kappa shape index (κ3) is 9.42. The Morgan fingerprint density at radius 2 is 0.692 bits per heavy atom. The second kappa shape index (κ2) is 15.1. The molecule has 0 heterocycles. The van der Waals surface area contributed by atoms with Crippen LogP contribution >= 0.6 is 0 Å².